The summed E-state index contributed by atoms with van der Waals surface area (Å²) in [4.78, 5) is 14.1. The van der Waals surface area contributed by atoms with Gasteiger partial charge in [-0.25, -0.2) is 13.2 Å². The summed E-state index contributed by atoms with van der Waals surface area (Å²) >= 11 is 0. The molecule has 1 atom stereocenters. The largest absolute Gasteiger partial charge is 0.465 e. The Morgan fingerprint density at radius 1 is 1.29 bits per heavy atom. The van der Waals surface area contributed by atoms with Crippen LogP contribution < -0.4 is 0 Å². The van der Waals surface area contributed by atoms with Gasteiger partial charge in [-0.3, -0.25) is 0 Å². The minimum atomic E-state index is -3.51. The van der Waals surface area contributed by atoms with Gasteiger partial charge in [0.2, 0.25) is 10.0 Å². The molecule has 1 fully saturated rings. The molecular formula is C17H26N2O4S. The molecule has 1 aromatic carbocycles. The van der Waals surface area contributed by atoms with Crippen molar-refractivity contribution in [1.82, 2.24) is 9.21 Å². The third-order valence-corrected chi connectivity index (χ3v) is 6.31. The van der Waals surface area contributed by atoms with Crippen LogP contribution >= 0.6 is 0 Å². The maximum Gasteiger partial charge on any atom is 0.338 e. The minimum absolute atomic E-state index is 0.0345. The van der Waals surface area contributed by atoms with E-state index < -0.39 is 16.0 Å². The van der Waals surface area contributed by atoms with Gasteiger partial charge < -0.3 is 9.64 Å². The predicted molar refractivity (Wildman–Crippen MR) is 93.3 cm³/mol. The van der Waals surface area contributed by atoms with Crippen molar-refractivity contribution in [3.63, 3.8) is 0 Å². The summed E-state index contributed by atoms with van der Waals surface area (Å²) in [5.74, 6) is -0.693. The number of benzene rings is 1. The average molecular weight is 354 g/mol. The van der Waals surface area contributed by atoms with E-state index in [4.69, 9.17) is 4.74 Å². The van der Waals surface area contributed by atoms with Gasteiger partial charge in [0, 0.05) is 19.1 Å². The lowest BCUT2D eigenvalue weighted by Crippen LogP contribution is -2.44. The van der Waals surface area contributed by atoms with E-state index >= 15 is 0 Å². The van der Waals surface area contributed by atoms with Gasteiger partial charge in [-0.1, -0.05) is 25.1 Å². The van der Waals surface area contributed by atoms with Gasteiger partial charge in [-0.05, 0) is 38.1 Å². The summed E-state index contributed by atoms with van der Waals surface area (Å²) < 4.78 is 32.4. The van der Waals surface area contributed by atoms with Crippen molar-refractivity contribution in [2.24, 2.45) is 0 Å². The quantitative estimate of drug-likeness (QED) is 0.753. The van der Waals surface area contributed by atoms with Crippen LogP contribution in [0.4, 0.5) is 0 Å². The number of carbonyl (C=O) groups excluding carboxylic acids is 1. The Bertz CT molecular complexity index is 675. The van der Waals surface area contributed by atoms with Crippen molar-refractivity contribution in [2.45, 2.75) is 31.6 Å². The first-order valence-corrected chi connectivity index (χ1v) is 9.84. The topological polar surface area (TPSA) is 66.9 Å². The first kappa shape index (κ1) is 18.9. The second-order valence-electron chi connectivity index (χ2n) is 6.19. The predicted octanol–water partition coefficient (Wildman–Crippen LogP) is 1.72. The van der Waals surface area contributed by atoms with Crippen molar-refractivity contribution < 1.29 is 17.9 Å². The molecule has 0 N–H and O–H groups in total. The zero-order chi connectivity index (χ0) is 17.7. The summed E-state index contributed by atoms with van der Waals surface area (Å²) in [6.45, 7) is 4.15. The summed E-state index contributed by atoms with van der Waals surface area (Å²) in [6, 6.07) is 6.69. The lowest BCUT2D eigenvalue weighted by atomic mass is 10.1. The highest BCUT2D eigenvalue weighted by atomic mass is 32.2. The van der Waals surface area contributed by atoms with E-state index in [9.17, 15) is 13.2 Å². The van der Waals surface area contributed by atoms with Crippen molar-refractivity contribution in [2.75, 3.05) is 33.8 Å². The van der Waals surface area contributed by atoms with Gasteiger partial charge >= 0.3 is 5.97 Å². The molecule has 1 saturated heterocycles. The number of likely N-dealkylation sites (N-methyl/N-ethyl adjacent to an activating group) is 1. The molecule has 1 heterocycles. The van der Waals surface area contributed by atoms with Crippen LogP contribution in [-0.2, 0) is 20.5 Å². The Morgan fingerprint density at radius 2 is 2.00 bits per heavy atom. The summed E-state index contributed by atoms with van der Waals surface area (Å²) in [6.07, 6.45) is 1.58. The number of methoxy groups -OCH3 is 1. The Hall–Kier alpha value is -1.44. The zero-order valence-electron chi connectivity index (χ0n) is 14.6. The molecule has 134 valence electrons. The fraction of sp³-hybridized carbons (Fsp3) is 0.588. The highest BCUT2D eigenvalue weighted by Gasteiger charge is 2.32. The highest BCUT2D eigenvalue weighted by Crippen LogP contribution is 2.21. The lowest BCUT2D eigenvalue weighted by Gasteiger charge is -2.29. The van der Waals surface area contributed by atoms with Crippen LogP contribution in [0.2, 0.25) is 0 Å². The molecule has 0 aliphatic carbocycles. The summed E-state index contributed by atoms with van der Waals surface area (Å²) in [5, 5.41) is 0. The fourth-order valence-electron chi connectivity index (χ4n) is 3.15. The van der Waals surface area contributed by atoms with Crippen molar-refractivity contribution >= 4 is 16.0 Å². The van der Waals surface area contributed by atoms with Crippen LogP contribution in [0.1, 0.15) is 35.7 Å². The second kappa shape index (κ2) is 8.09. The van der Waals surface area contributed by atoms with E-state index in [1.807, 2.05) is 14.0 Å². The first-order valence-electron chi connectivity index (χ1n) is 8.23. The van der Waals surface area contributed by atoms with Crippen LogP contribution in [0.3, 0.4) is 0 Å². The summed E-state index contributed by atoms with van der Waals surface area (Å²) in [5.41, 5.74) is 0.792. The van der Waals surface area contributed by atoms with E-state index in [1.54, 1.807) is 28.6 Å². The Morgan fingerprint density at radius 3 is 2.67 bits per heavy atom. The van der Waals surface area contributed by atoms with Crippen LogP contribution in [-0.4, -0.2) is 63.4 Å². The molecule has 1 aliphatic heterocycles. The number of ether oxygens (including phenoxy) is 1. The smallest absolute Gasteiger partial charge is 0.338 e. The van der Waals surface area contributed by atoms with Crippen LogP contribution in [0.5, 0.6) is 0 Å². The van der Waals surface area contributed by atoms with Gasteiger partial charge in [0.1, 0.15) is 0 Å². The maximum atomic E-state index is 13.0. The van der Waals surface area contributed by atoms with Crippen LogP contribution in [0.25, 0.3) is 0 Å². The average Bonchev–Trinajstić information content (AvgIpc) is 2.76. The van der Waals surface area contributed by atoms with E-state index in [0.29, 0.717) is 17.7 Å². The molecule has 0 bridgehead atoms. The van der Waals surface area contributed by atoms with Crippen molar-refractivity contribution in [1.29, 1.82) is 0 Å². The number of carbonyl (C=O) groups is 1. The van der Waals surface area contributed by atoms with Gasteiger partial charge in [0.05, 0.1) is 18.4 Å². The third kappa shape index (κ3) is 4.34. The lowest BCUT2D eigenvalue weighted by molar-refractivity contribution is 0.0600. The van der Waals surface area contributed by atoms with E-state index in [-0.39, 0.29) is 11.8 Å². The van der Waals surface area contributed by atoms with Crippen molar-refractivity contribution in [3.05, 3.63) is 35.4 Å². The van der Waals surface area contributed by atoms with Gasteiger partial charge in [0.15, 0.2) is 0 Å². The third-order valence-electron chi connectivity index (χ3n) is 4.44. The number of esters is 1. The zero-order valence-corrected chi connectivity index (χ0v) is 15.4. The normalized spacial score (nSPS) is 20.5. The molecule has 7 heteroatoms. The second-order valence-corrected chi connectivity index (χ2v) is 8.12. The number of nitrogens with zero attached hydrogens (tertiary/aromatic N) is 2. The number of hydrogen-bond acceptors (Lipinski definition) is 5. The Balaban J connectivity index is 2.29. The van der Waals surface area contributed by atoms with Gasteiger partial charge in [-0.2, -0.15) is 4.31 Å². The SMILES string of the molecule is CCC1CN(C)CCCN1S(=O)(=O)Cc1ccccc1C(=O)OC. The van der Waals surface area contributed by atoms with Crippen LogP contribution in [0, 0.1) is 0 Å². The van der Waals surface area contributed by atoms with E-state index in [2.05, 4.69) is 4.90 Å². The molecule has 0 amide bonds. The Kier molecular flexibility index (Phi) is 6.37. The number of sulfonamides is 1. The number of rotatable bonds is 5. The molecule has 1 unspecified atom stereocenters. The molecule has 0 radical (unpaired) electrons. The Labute approximate surface area is 144 Å². The summed E-state index contributed by atoms with van der Waals surface area (Å²) in [7, 11) is -0.194. The molecule has 1 aromatic rings. The minimum Gasteiger partial charge on any atom is -0.465 e. The highest BCUT2D eigenvalue weighted by molar-refractivity contribution is 7.88. The van der Waals surface area contributed by atoms with Crippen molar-refractivity contribution in [3.8, 4) is 0 Å². The monoisotopic (exact) mass is 354 g/mol. The van der Waals surface area contributed by atoms with Gasteiger partial charge in [-0.15, -0.1) is 0 Å². The maximum absolute atomic E-state index is 13.0. The van der Waals surface area contributed by atoms with E-state index in [1.165, 1.54) is 7.11 Å². The molecule has 1 aliphatic rings. The standard InChI is InChI=1S/C17H26N2O4S/c1-4-15-12-18(2)10-7-11-19(15)24(21,22)13-14-8-5-6-9-16(14)17(20)23-3/h5-6,8-9,15H,4,7,10-13H2,1-3H3. The molecule has 0 spiro atoms. The molecular weight excluding hydrogens is 328 g/mol. The number of hydrogen-bond donors (Lipinski definition) is 0. The molecule has 24 heavy (non-hydrogen) atoms. The molecule has 0 saturated carbocycles. The molecule has 0 aromatic heterocycles. The fourth-order valence-corrected chi connectivity index (χ4v) is 5.04. The molecule has 2 rings (SSSR count). The van der Waals surface area contributed by atoms with E-state index in [0.717, 1.165) is 25.9 Å². The van der Waals surface area contributed by atoms with Crippen LogP contribution in [0.15, 0.2) is 24.3 Å². The first-order chi connectivity index (χ1) is 11.4. The van der Waals surface area contributed by atoms with Gasteiger partial charge in [0.25, 0.3) is 0 Å². The molecule has 6 nitrogen and oxygen atoms in total.